The van der Waals surface area contributed by atoms with Crippen molar-refractivity contribution in [2.45, 2.75) is 39.3 Å². The van der Waals surface area contributed by atoms with Gasteiger partial charge in [0.25, 0.3) is 0 Å². The Morgan fingerprint density at radius 2 is 1.97 bits per heavy atom. The van der Waals surface area contributed by atoms with Crippen molar-refractivity contribution in [3.63, 3.8) is 0 Å². The minimum absolute atomic E-state index is 0.0431. The van der Waals surface area contributed by atoms with Crippen LogP contribution in [0.5, 0.6) is 0 Å². The van der Waals surface area contributed by atoms with Gasteiger partial charge in [0.1, 0.15) is 11.2 Å². The normalized spacial score (nSPS) is 14.8. The Balaban J connectivity index is 1.50. The standard InChI is InChI=1S/C22H26N8O2/c1-4-29-19-11-24-21(27-20(19)30(22(29)31)15-5-7-32-8-6-15)26-17-10-23-16(9-14(17)2)18-12-28(3)13-25-18/h9-13,15H,4-8H2,1-3H3,(H,24,26,27). The van der Waals surface area contributed by atoms with Gasteiger partial charge < -0.3 is 14.6 Å². The van der Waals surface area contributed by atoms with Gasteiger partial charge in [-0.1, -0.05) is 0 Å². The van der Waals surface area contributed by atoms with Gasteiger partial charge in [-0.15, -0.1) is 0 Å². The summed E-state index contributed by atoms with van der Waals surface area (Å²) in [4.78, 5) is 31.2. The third-order valence-electron chi connectivity index (χ3n) is 5.90. The van der Waals surface area contributed by atoms with E-state index >= 15 is 0 Å². The highest BCUT2D eigenvalue weighted by Crippen LogP contribution is 2.26. The highest BCUT2D eigenvalue weighted by molar-refractivity contribution is 5.73. The second kappa shape index (κ2) is 8.19. The Hall–Kier alpha value is -3.53. The summed E-state index contributed by atoms with van der Waals surface area (Å²) in [5, 5.41) is 3.27. The number of pyridine rings is 1. The zero-order valence-corrected chi connectivity index (χ0v) is 18.4. The van der Waals surface area contributed by atoms with Crippen molar-refractivity contribution < 1.29 is 4.74 Å². The molecule has 0 radical (unpaired) electrons. The molecular weight excluding hydrogens is 408 g/mol. The van der Waals surface area contributed by atoms with Gasteiger partial charge >= 0.3 is 5.69 Å². The molecule has 5 heterocycles. The molecular formula is C22H26N8O2. The van der Waals surface area contributed by atoms with Crippen LogP contribution in [-0.2, 0) is 18.3 Å². The number of hydrogen-bond acceptors (Lipinski definition) is 7. The number of nitrogens with one attached hydrogen (secondary N) is 1. The summed E-state index contributed by atoms with van der Waals surface area (Å²) in [6.07, 6.45) is 8.76. The number of ether oxygens (including phenoxy) is 1. The zero-order chi connectivity index (χ0) is 22.2. The monoisotopic (exact) mass is 434 g/mol. The van der Waals surface area contributed by atoms with Crippen molar-refractivity contribution in [3.8, 4) is 11.4 Å². The summed E-state index contributed by atoms with van der Waals surface area (Å²) in [7, 11) is 1.93. The molecule has 0 spiro atoms. The number of imidazole rings is 2. The summed E-state index contributed by atoms with van der Waals surface area (Å²) in [6.45, 7) is 5.83. The van der Waals surface area contributed by atoms with Crippen LogP contribution in [0.25, 0.3) is 22.6 Å². The summed E-state index contributed by atoms with van der Waals surface area (Å²) in [5.41, 5.74) is 4.78. The number of nitrogens with zero attached hydrogens (tertiary/aromatic N) is 7. The fourth-order valence-electron chi connectivity index (χ4n) is 4.19. The van der Waals surface area contributed by atoms with Gasteiger partial charge in [-0.05, 0) is 38.3 Å². The van der Waals surface area contributed by atoms with Crippen molar-refractivity contribution in [2.24, 2.45) is 7.05 Å². The number of rotatable bonds is 5. The molecule has 0 aliphatic carbocycles. The molecule has 0 unspecified atom stereocenters. The number of aromatic nitrogens is 7. The maximum Gasteiger partial charge on any atom is 0.330 e. The molecule has 0 aromatic carbocycles. The molecule has 0 amide bonds. The fourth-order valence-corrected chi connectivity index (χ4v) is 4.19. The average molecular weight is 435 g/mol. The lowest BCUT2D eigenvalue weighted by molar-refractivity contribution is 0.0694. The quantitative estimate of drug-likeness (QED) is 0.515. The van der Waals surface area contributed by atoms with Crippen molar-refractivity contribution in [1.29, 1.82) is 0 Å². The molecule has 0 bridgehead atoms. The molecule has 1 fully saturated rings. The van der Waals surface area contributed by atoms with E-state index in [1.807, 2.05) is 42.3 Å². The van der Waals surface area contributed by atoms with Crippen molar-refractivity contribution in [3.05, 3.63) is 47.0 Å². The third kappa shape index (κ3) is 3.56. The van der Waals surface area contributed by atoms with E-state index in [-0.39, 0.29) is 11.7 Å². The number of hydrogen-bond donors (Lipinski definition) is 1. The molecule has 0 saturated carbocycles. The Bertz CT molecular complexity index is 1330. The summed E-state index contributed by atoms with van der Waals surface area (Å²) in [5.74, 6) is 0.432. The highest BCUT2D eigenvalue weighted by Gasteiger charge is 2.24. The number of fused-ring (bicyclic) bond motifs is 1. The molecule has 1 aliphatic rings. The molecule has 1 N–H and O–H groups in total. The van der Waals surface area contributed by atoms with E-state index in [1.54, 1.807) is 23.3 Å². The van der Waals surface area contributed by atoms with Gasteiger partial charge in [0.2, 0.25) is 5.95 Å². The minimum atomic E-state index is -0.0431. The lowest BCUT2D eigenvalue weighted by Gasteiger charge is -2.22. The van der Waals surface area contributed by atoms with Gasteiger partial charge in [0, 0.05) is 39.0 Å². The molecule has 4 aromatic rings. The van der Waals surface area contributed by atoms with Gasteiger partial charge in [0.05, 0.1) is 30.1 Å². The van der Waals surface area contributed by atoms with Crippen LogP contribution in [0, 0.1) is 6.92 Å². The van der Waals surface area contributed by atoms with Gasteiger partial charge in [-0.25, -0.2) is 14.8 Å². The lowest BCUT2D eigenvalue weighted by atomic mass is 10.1. The van der Waals surface area contributed by atoms with E-state index in [0.29, 0.717) is 31.4 Å². The molecule has 1 aliphatic heterocycles. The maximum atomic E-state index is 13.1. The second-order valence-electron chi connectivity index (χ2n) is 8.08. The van der Waals surface area contributed by atoms with E-state index in [9.17, 15) is 4.79 Å². The Morgan fingerprint density at radius 3 is 2.66 bits per heavy atom. The molecule has 10 heteroatoms. The molecule has 166 valence electrons. The molecule has 4 aromatic heterocycles. The average Bonchev–Trinajstić information content (AvgIpc) is 3.35. The Kier molecular flexibility index (Phi) is 5.22. The minimum Gasteiger partial charge on any atom is -0.381 e. The fraction of sp³-hybridized carbons (Fsp3) is 0.409. The topological polar surface area (TPSA) is 105 Å². The van der Waals surface area contributed by atoms with E-state index in [2.05, 4.69) is 20.3 Å². The SMILES string of the molecule is CCn1c(=O)n(C2CCOCC2)c2nc(Nc3cnc(-c4cn(C)cn4)cc3C)ncc21. The van der Waals surface area contributed by atoms with E-state index in [1.165, 1.54) is 0 Å². The predicted molar refractivity (Wildman–Crippen MR) is 121 cm³/mol. The number of aryl methyl sites for hydroxylation is 3. The molecule has 32 heavy (non-hydrogen) atoms. The van der Waals surface area contributed by atoms with Crippen LogP contribution in [-0.4, -0.2) is 46.9 Å². The smallest absolute Gasteiger partial charge is 0.330 e. The molecule has 1 saturated heterocycles. The zero-order valence-electron chi connectivity index (χ0n) is 18.4. The van der Waals surface area contributed by atoms with Crippen LogP contribution in [0.3, 0.4) is 0 Å². The van der Waals surface area contributed by atoms with E-state index in [0.717, 1.165) is 41.0 Å². The van der Waals surface area contributed by atoms with Gasteiger partial charge in [-0.3, -0.25) is 14.1 Å². The first-order valence-electron chi connectivity index (χ1n) is 10.8. The van der Waals surface area contributed by atoms with Crippen molar-refractivity contribution in [1.82, 2.24) is 33.6 Å². The Labute approximate surface area is 184 Å². The van der Waals surface area contributed by atoms with Gasteiger partial charge in [0.15, 0.2) is 5.65 Å². The largest absolute Gasteiger partial charge is 0.381 e. The number of anilines is 2. The first-order valence-corrected chi connectivity index (χ1v) is 10.8. The van der Waals surface area contributed by atoms with Crippen molar-refractivity contribution in [2.75, 3.05) is 18.5 Å². The van der Waals surface area contributed by atoms with Crippen LogP contribution >= 0.6 is 0 Å². The summed E-state index contributed by atoms with van der Waals surface area (Å²) >= 11 is 0. The van der Waals surface area contributed by atoms with Crippen LogP contribution in [0.15, 0.2) is 35.8 Å². The van der Waals surface area contributed by atoms with Gasteiger partial charge in [-0.2, -0.15) is 4.98 Å². The van der Waals surface area contributed by atoms with Crippen LogP contribution in [0.2, 0.25) is 0 Å². The lowest BCUT2D eigenvalue weighted by Crippen LogP contribution is -2.30. The van der Waals surface area contributed by atoms with Crippen molar-refractivity contribution >= 4 is 22.8 Å². The first kappa shape index (κ1) is 20.4. The molecule has 0 atom stereocenters. The van der Waals surface area contributed by atoms with E-state index < -0.39 is 0 Å². The third-order valence-corrected chi connectivity index (χ3v) is 5.90. The predicted octanol–water partition coefficient (Wildman–Crippen LogP) is 2.81. The maximum absolute atomic E-state index is 13.1. The highest BCUT2D eigenvalue weighted by atomic mass is 16.5. The van der Waals surface area contributed by atoms with Crippen LogP contribution < -0.4 is 11.0 Å². The van der Waals surface area contributed by atoms with Crippen LogP contribution in [0.4, 0.5) is 11.6 Å². The molecule has 10 nitrogen and oxygen atoms in total. The van der Waals surface area contributed by atoms with E-state index in [4.69, 9.17) is 9.72 Å². The first-order chi connectivity index (χ1) is 15.5. The Morgan fingerprint density at radius 1 is 1.16 bits per heavy atom. The second-order valence-corrected chi connectivity index (χ2v) is 8.08. The summed E-state index contributed by atoms with van der Waals surface area (Å²) < 4.78 is 10.9. The van der Waals surface area contributed by atoms with Crippen LogP contribution in [0.1, 0.15) is 31.4 Å². The molecule has 5 rings (SSSR count). The summed E-state index contributed by atoms with van der Waals surface area (Å²) in [6, 6.07) is 2.06.